The molecule has 172 valence electrons. The van der Waals surface area contributed by atoms with E-state index in [-0.39, 0.29) is 15.8 Å². The minimum absolute atomic E-state index is 0.0938. The molecular formula is C20H14F6N6O. The fourth-order valence-electron chi connectivity index (χ4n) is 3.13. The van der Waals surface area contributed by atoms with Crippen molar-refractivity contribution in [3.8, 4) is 11.3 Å². The minimum atomic E-state index is -5.94. The van der Waals surface area contributed by atoms with Gasteiger partial charge < -0.3 is 5.32 Å². The van der Waals surface area contributed by atoms with Gasteiger partial charge in [0.1, 0.15) is 11.5 Å². The lowest BCUT2D eigenvalue weighted by atomic mass is 10.1. The summed E-state index contributed by atoms with van der Waals surface area (Å²) in [5.41, 5.74) is -1.84. The Morgan fingerprint density at radius 1 is 1.03 bits per heavy atom. The molecule has 0 saturated carbocycles. The van der Waals surface area contributed by atoms with Crippen LogP contribution in [-0.2, 0) is 13.0 Å². The number of anilines is 1. The predicted molar refractivity (Wildman–Crippen MR) is 104 cm³/mol. The molecule has 0 aliphatic carbocycles. The van der Waals surface area contributed by atoms with Crippen molar-refractivity contribution >= 4 is 17.2 Å². The van der Waals surface area contributed by atoms with Crippen molar-refractivity contribution in [3.05, 3.63) is 65.5 Å². The van der Waals surface area contributed by atoms with E-state index in [1.54, 1.807) is 14.0 Å². The van der Waals surface area contributed by atoms with Gasteiger partial charge in [-0.05, 0) is 37.3 Å². The predicted octanol–water partition coefficient (Wildman–Crippen LogP) is 4.48. The van der Waals surface area contributed by atoms with Gasteiger partial charge in [0.05, 0.1) is 17.1 Å². The number of hydrogen-bond acceptors (Lipinski definition) is 4. The summed E-state index contributed by atoms with van der Waals surface area (Å²) >= 11 is 0. The number of amides is 1. The summed E-state index contributed by atoms with van der Waals surface area (Å²) in [5, 5.41) is 10.2. The van der Waals surface area contributed by atoms with Crippen molar-refractivity contribution in [3.63, 3.8) is 0 Å². The Kier molecular flexibility index (Phi) is 5.14. The van der Waals surface area contributed by atoms with Crippen LogP contribution in [0.15, 0.2) is 42.6 Å². The first kappa shape index (κ1) is 22.3. The van der Waals surface area contributed by atoms with Crippen molar-refractivity contribution in [2.45, 2.75) is 19.0 Å². The molecule has 0 unspecified atom stereocenters. The Morgan fingerprint density at radius 2 is 1.70 bits per heavy atom. The van der Waals surface area contributed by atoms with Crippen molar-refractivity contribution in [1.82, 2.24) is 24.4 Å². The van der Waals surface area contributed by atoms with Gasteiger partial charge in [-0.3, -0.25) is 9.48 Å². The van der Waals surface area contributed by atoms with Crippen LogP contribution >= 0.6 is 0 Å². The van der Waals surface area contributed by atoms with Crippen LogP contribution in [0.2, 0.25) is 0 Å². The highest BCUT2D eigenvalue weighted by Gasteiger charge is 2.60. The summed E-state index contributed by atoms with van der Waals surface area (Å²) in [6.45, 7) is 1.61. The number of alkyl halides is 5. The Hall–Kier alpha value is -3.90. The van der Waals surface area contributed by atoms with Crippen molar-refractivity contribution in [2.75, 3.05) is 5.32 Å². The first-order valence-electron chi connectivity index (χ1n) is 9.30. The van der Waals surface area contributed by atoms with Gasteiger partial charge in [0, 0.05) is 24.9 Å². The number of halogens is 6. The number of rotatable bonds is 4. The van der Waals surface area contributed by atoms with E-state index in [2.05, 4.69) is 20.5 Å². The van der Waals surface area contributed by atoms with E-state index in [0.29, 0.717) is 17.4 Å². The fourth-order valence-corrected chi connectivity index (χ4v) is 3.13. The lowest BCUT2D eigenvalue weighted by Gasteiger charge is -2.21. The molecule has 1 N–H and O–H groups in total. The normalized spacial score (nSPS) is 12.4. The lowest BCUT2D eigenvalue weighted by Crippen LogP contribution is -2.36. The Bertz CT molecular complexity index is 1360. The Balaban J connectivity index is 1.86. The summed E-state index contributed by atoms with van der Waals surface area (Å²) in [6.07, 6.45) is -4.46. The van der Waals surface area contributed by atoms with E-state index in [9.17, 15) is 31.1 Å². The first-order chi connectivity index (χ1) is 15.4. The molecule has 1 aromatic carbocycles. The number of hydrogen-bond donors (Lipinski definition) is 1. The summed E-state index contributed by atoms with van der Waals surface area (Å²) in [5.74, 6) is -6.81. The van der Waals surface area contributed by atoms with E-state index in [1.807, 2.05) is 0 Å². The highest BCUT2D eigenvalue weighted by molar-refractivity contribution is 6.03. The topological polar surface area (TPSA) is 77.1 Å². The maximum atomic E-state index is 14.4. The van der Waals surface area contributed by atoms with Crippen LogP contribution in [0, 0.1) is 12.7 Å². The van der Waals surface area contributed by atoms with Crippen LogP contribution in [-0.4, -0.2) is 36.5 Å². The summed E-state index contributed by atoms with van der Waals surface area (Å²) < 4.78 is 83.2. The highest BCUT2D eigenvalue weighted by Crippen LogP contribution is 2.44. The molecule has 0 aliphatic heterocycles. The smallest absolute Gasteiger partial charge is 0.318 e. The van der Waals surface area contributed by atoms with Crippen molar-refractivity contribution in [1.29, 1.82) is 0 Å². The van der Waals surface area contributed by atoms with Gasteiger partial charge in [-0.1, -0.05) is 0 Å². The molecule has 3 heterocycles. The van der Waals surface area contributed by atoms with Gasteiger partial charge in [-0.15, -0.1) is 0 Å². The maximum Gasteiger partial charge on any atom is 0.459 e. The molecule has 33 heavy (non-hydrogen) atoms. The van der Waals surface area contributed by atoms with E-state index in [0.717, 1.165) is 18.2 Å². The molecule has 4 aromatic rings. The second-order valence-electron chi connectivity index (χ2n) is 7.16. The summed E-state index contributed by atoms with van der Waals surface area (Å²) in [4.78, 5) is 16.6. The number of benzene rings is 1. The molecule has 0 spiro atoms. The second-order valence-corrected chi connectivity index (χ2v) is 7.16. The van der Waals surface area contributed by atoms with Crippen LogP contribution in [0.4, 0.5) is 32.0 Å². The average Bonchev–Trinajstić information content (AvgIpc) is 3.29. The van der Waals surface area contributed by atoms with Crippen LogP contribution < -0.4 is 5.32 Å². The third-order valence-electron chi connectivity index (χ3n) is 4.74. The number of aromatic nitrogens is 5. The van der Waals surface area contributed by atoms with Crippen LogP contribution in [0.5, 0.6) is 0 Å². The van der Waals surface area contributed by atoms with E-state index in [1.165, 1.54) is 23.0 Å². The monoisotopic (exact) mass is 468 g/mol. The number of aryl methyl sites for hydroxylation is 2. The third kappa shape index (κ3) is 4.01. The van der Waals surface area contributed by atoms with Gasteiger partial charge in [0.25, 0.3) is 5.91 Å². The number of fused-ring (bicyclic) bond motifs is 1. The van der Waals surface area contributed by atoms with E-state index < -0.39 is 40.9 Å². The molecule has 0 radical (unpaired) electrons. The summed E-state index contributed by atoms with van der Waals surface area (Å²) in [7, 11) is 1.61. The molecule has 1 amide bonds. The molecule has 13 heteroatoms. The molecule has 0 saturated heterocycles. The van der Waals surface area contributed by atoms with Gasteiger partial charge >= 0.3 is 12.1 Å². The SMILES string of the molecule is Cc1nn(C)cc1NC(=O)c1cc2nc(-c3ccc(F)cc3)cc(C(F)(F)C(F)(F)F)n2n1. The second kappa shape index (κ2) is 7.60. The zero-order valence-electron chi connectivity index (χ0n) is 17.0. The van der Waals surface area contributed by atoms with Crippen LogP contribution in [0.3, 0.4) is 0 Å². The van der Waals surface area contributed by atoms with Gasteiger partial charge in [0.2, 0.25) is 0 Å². The minimum Gasteiger partial charge on any atom is -0.318 e. The Labute approximate surface area is 181 Å². The zero-order chi connectivity index (χ0) is 24.1. The van der Waals surface area contributed by atoms with Gasteiger partial charge in [-0.25, -0.2) is 13.9 Å². The van der Waals surface area contributed by atoms with Crippen molar-refractivity contribution < 1.29 is 31.1 Å². The molecule has 7 nitrogen and oxygen atoms in total. The van der Waals surface area contributed by atoms with Crippen molar-refractivity contribution in [2.24, 2.45) is 7.05 Å². The first-order valence-corrected chi connectivity index (χ1v) is 9.30. The van der Waals surface area contributed by atoms with E-state index >= 15 is 0 Å². The van der Waals surface area contributed by atoms with E-state index in [4.69, 9.17) is 0 Å². The Morgan fingerprint density at radius 3 is 2.27 bits per heavy atom. The lowest BCUT2D eigenvalue weighted by molar-refractivity contribution is -0.291. The number of nitrogens with one attached hydrogen (secondary N) is 1. The zero-order valence-corrected chi connectivity index (χ0v) is 17.0. The van der Waals surface area contributed by atoms with Gasteiger partial charge in [-0.2, -0.15) is 32.1 Å². The molecule has 0 fully saturated rings. The van der Waals surface area contributed by atoms with Crippen LogP contribution in [0.25, 0.3) is 16.9 Å². The average molecular weight is 468 g/mol. The molecule has 3 aromatic heterocycles. The standard InChI is InChI=1S/C20H14F6N6O/c1-10-15(9-31(2)29-10)28-18(33)14-8-17-27-13(11-3-5-12(21)6-4-11)7-16(32(17)30-14)19(22,23)20(24,25)26/h3-9H,1-2H3,(H,28,33). The van der Waals surface area contributed by atoms with Gasteiger partial charge in [0.15, 0.2) is 11.3 Å². The molecule has 0 bridgehead atoms. The fraction of sp³-hybridized carbons (Fsp3) is 0.200. The largest absolute Gasteiger partial charge is 0.459 e. The van der Waals surface area contributed by atoms with Crippen LogP contribution in [0.1, 0.15) is 21.9 Å². The molecule has 0 aliphatic rings. The number of carbonyl (C=O) groups excluding carboxylic acids is 1. The quantitative estimate of drug-likeness (QED) is 0.448. The third-order valence-corrected chi connectivity index (χ3v) is 4.74. The highest BCUT2D eigenvalue weighted by atomic mass is 19.4. The number of carbonyl (C=O) groups is 1. The number of nitrogens with zero attached hydrogens (tertiary/aromatic N) is 5. The molecule has 4 rings (SSSR count). The molecular weight excluding hydrogens is 454 g/mol. The maximum absolute atomic E-state index is 14.4. The molecule has 0 atom stereocenters. The summed E-state index contributed by atoms with van der Waals surface area (Å²) in [6, 6.07) is 5.86.